The van der Waals surface area contributed by atoms with Crippen LogP contribution in [0.25, 0.3) is 0 Å². The second kappa shape index (κ2) is 6.10. The lowest BCUT2D eigenvalue weighted by Crippen LogP contribution is -2.26. The minimum atomic E-state index is -1.19. The number of nitrogens with zero attached hydrogens (tertiary/aromatic N) is 1. The van der Waals surface area contributed by atoms with Crippen LogP contribution in [0.5, 0.6) is 0 Å². The number of hydrogen-bond donors (Lipinski definition) is 0. The van der Waals surface area contributed by atoms with Gasteiger partial charge in [-0.2, -0.15) is 0 Å². The summed E-state index contributed by atoms with van der Waals surface area (Å²) in [4.78, 5) is 38.4. The minimum Gasteiger partial charge on any atom is -0.469 e. The van der Waals surface area contributed by atoms with E-state index in [1.807, 2.05) is 6.07 Å². The Labute approximate surface area is 115 Å². The van der Waals surface area contributed by atoms with E-state index in [4.69, 9.17) is 4.74 Å². The van der Waals surface area contributed by atoms with Crippen LogP contribution in [0.4, 0.5) is 0 Å². The van der Waals surface area contributed by atoms with Gasteiger partial charge >= 0.3 is 11.9 Å². The maximum absolute atomic E-state index is 11.8. The molecule has 0 radical (unpaired) electrons. The lowest BCUT2D eigenvalue weighted by Gasteiger charge is -2.01. The van der Waals surface area contributed by atoms with Gasteiger partial charge in [-0.3, -0.25) is 9.59 Å². The summed E-state index contributed by atoms with van der Waals surface area (Å²) in [6.07, 6.45) is -0.173. The lowest BCUT2D eigenvalue weighted by atomic mass is 10.1. The number of aliphatic imine (C=N–C) groups is 1. The quantitative estimate of drug-likeness (QED) is 0.588. The highest BCUT2D eigenvalue weighted by molar-refractivity contribution is 6.15. The summed E-state index contributed by atoms with van der Waals surface area (Å²) < 4.78 is 9.43. The Balaban J connectivity index is 2.05. The van der Waals surface area contributed by atoms with Gasteiger partial charge < -0.3 is 9.47 Å². The van der Waals surface area contributed by atoms with Gasteiger partial charge in [0, 0.05) is 12.0 Å². The molecule has 0 spiro atoms. The molecule has 2 rings (SSSR count). The van der Waals surface area contributed by atoms with E-state index in [-0.39, 0.29) is 18.7 Å². The number of cyclic esters (lactones) is 1. The normalized spacial score (nSPS) is 17.4. The number of carbonyl (C=O) groups is 3. The fourth-order valence-corrected chi connectivity index (χ4v) is 1.73. The van der Waals surface area contributed by atoms with E-state index in [0.29, 0.717) is 5.56 Å². The summed E-state index contributed by atoms with van der Waals surface area (Å²) in [5.74, 6) is -1.53. The molecule has 0 amide bonds. The van der Waals surface area contributed by atoms with Gasteiger partial charge in [0.2, 0.25) is 11.9 Å². The predicted octanol–water partition coefficient (Wildman–Crippen LogP) is 0.881. The summed E-state index contributed by atoms with van der Waals surface area (Å²) >= 11 is 0. The molecule has 0 fully saturated rings. The van der Waals surface area contributed by atoms with Crippen molar-refractivity contribution in [3.05, 3.63) is 35.9 Å². The number of benzene rings is 1. The minimum absolute atomic E-state index is 0.0741. The van der Waals surface area contributed by atoms with Gasteiger partial charge in [0.05, 0.1) is 13.5 Å². The summed E-state index contributed by atoms with van der Waals surface area (Å²) in [5.41, 5.74) is 0.629. The molecule has 0 aliphatic carbocycles. The van der Waals surface area contributed by atoms with E-state index in [1.54, 1.807) is 24.3 Å². The van der Waals surface area contributed by atoms with Crippen LogP contribution in [0.1, 0.15) is 18.4 Å². The van der Waals surface area contributed by atoms with Crippen molar-refractivity contribution in [1.29, 1.82) is 0 Å². The van der Waals surface area contributed by atoms with Crippen LogP contribution in [-0.2, 0) is 23.9 Å². The Hall–Kier alpha value is -2.50. The molecule has 1 aliphatic rings. The summed E-state index contributed by atoms with van der Waals surface area (Å²) in [6.45, 7) is 0. The first kappa shape index (κ1) is 13.9. The molecule has 1 aromatic carbocycles. The number of esters is 2. The number of ether oxygens (including phenoxy) is 2. The van der Waals surface area contributed by atoms with Gasteiger partial charge in [0.25, 0.3) is 0 Å². The first-order chi connectivity index (χ1) is 9.61. The molecule has 0 N–H and O–H groups in total. The first-order valence-electron chi connectivity index (χ1n) is 6.06. The molecule has 20 heavy (non-hydrogen) atoms. The highest BCUT2D eigenvalue weighted by Gasteiger charge is 2.35. The van der Waals surface area contributed by atoms with Gasteiger partial charge in [-0.15, -0.1) is 0 Å². The molecule has 1 unspecified atom stereocenters. The fraction of sp³-hybridized carbons (Fsp3) is 0.286. The zero-order valence-electron chi connectivity index (χ0n) is 10.9. The largest absolute Gasteiger partial charge is 0.469 e. The van der Waals surface area contributed by atoms with Crippen molar-refractivity contribution >= 4 is 23.6 Å². The summed E-state index contributed by atoms with van der Waals surface area (Å²) in [6, 6.07) is 7.64. The van der Waals surface area contributed by atoms with Crippen LogP contribution in [0.15, 0.2) is 35.3 Å². The van der Waals surface area contributed by atoms with Gasteiger partial charge in [0.1, 0.15) is 0 Å². The zero-order valence-corrected chi connectivity index (χ0v) is 10.9. The van der Waals surface area contributed by atoms with Crippen molar-refractivity contribution in [3.63, 3.8) is 0 Å². The Morgan fingerprint density at radius 2 is 1.95 bits per heavy atom. The zero-order chi connectivity index (χ0) is 14.5. The Morgan fingerprint density at radius 1 is 1.25 bits per heavy atom. The number of rotatable bonds is 5. The highest BCUT2D eigenvalue weighted by atomic mass is 16.6. The lowest BCUT2D eigenvalue weighted by molar-refractivity contribution is -0.144. The number of Topliss-reactive ketones (excluding diaryl/α,β-unsaturated/α-hetero) is 1. The Morgan fingerprint density at radius 3 is 2.60 bits per heavy atom. The molecule has 1 atom stereocenters. The average Bonchev–Trinajstić information content (AvgIpc) is 2.87. The monoisotopic (exact) mass is 275 g/mol. The molecule has 0 aromatic heterocycles. The molecule has 0 saturated carbocycles. The van der Waals surface area contributed by atoms with Gasteiger partial charge in [-0.1, -0.05) is 18.2 Å². The van der Waals surface area contributed by atoms with Crippen molar-refractivity contribution in [3.8, 4) is 0 Å². The number of ketones is 1. The third-order valence-electron chi connectivity index (χ3n) is 2.80. The number of hydrogen-bond acceptors (Lipinski definition) is 6. The van der Waals surface area contributed by atoms with Crippen molar-refractivity contribution in [2.45, 2.75) is 18.9 Å². The Bertz CT molecular complexity index is 564. The first-order valence-corrected chi connectivity index (χ1v) is 6.06. The molecule has 1 aliphatic heterocycles. The fourth-order valence-electron chi connectivity index (χ4n) is 1.73. The SMILES string of the molecule is COC(=O)CCC(=O)C1N=C(c2ccccc2)OC1=O. The van der Waals surface area contributed by atoms with Gasteiger partial charge in [-0.05, 0) is 12.1 Å². The molecule has 0 bridgehead atoms. The van der Waals surface area contributed by atoms with E-state index in [9.17, 15) is 14.4 Å². The molecular weight excluding hydrogens is 262 g/mol. The van der Waals surface area contributed by atoms with Crippen molar-refractivity contribution in [2.75, 3.05) is 7.11 Å². The number of methoxy groups -OCH3 is 1. The predicted molar refractivity (Wildman–Crippen MR) is 69.1 cm³/mol. The van der Waals surface area contributed by atoms with Crippen LogP contribution in [0, 0.1) is 0 Å². The van der Waals surface area contributed by atoms with E-state index >= 15 is 0 Å². The van der Waals surface area contributed by atoms with Crippen LogP contribution in [-0.4, -0.2) is 36.8 Å². The van der Waals surface area contributed by atoms with E-state index in [1.165, 1.54) is 7.11 Å². The van der Waals surface area contributed by atoms with E-state index in [2.05, 4.69) is 9.73 Å². The van der Waals surface area contributed by atoms with E-state index < -0.39 is 23.8 Å². The molecule has 6 heteroatoms. The molecular formula is C14H13NO5. The summed E-state index contributed by atoms with van der Waals surface area (Å²) in [7, 11) is 1.24. The van der Waals surface area contributed by atoms with Crippen molar-refractivity contribution in [1.82, 2.24) is 0 Å². The second-order valence-electron chi connectivity index (χ2n) is 4.17. The van der Waals surface area contributed by atoms with Crippen molar-refractivity contribution < 1.29 is 23.9 Å². The third-order valence-corrected chi connectivity index (χ3v) is 2.80. The van der Waals surface area contributed by atoms with E-state index in [0.717, 1.165) is 0 Å². The van der Waals surface area contributed by atoms with Gasteiger partial charge in [0.15, 0.2) is 5.78 Å². The standard InChI is InChI=1S/C14H13NO5/c1-19-11(17)8-7-10(16)12-14(18)20-13(15-12)9-5-3-2-4-6-9/h2-6,12H,7-8H2,1H3. The average molecular weight is 275 g/mol. The smallest absolute Gasteiger partial charge is 0.345 e. The van der Waals surface area contributed by atoms with Crippen LogP contribution >= 0.6 is 0 Å². The summed E-state index contributed by atoms with van der Waals surface area (Å²) in [5, 5.41) is 0. The van der Waals surface area contributed by atoms with Crippen LogP contribution in [0.3, 0.4) is 0 Å². The second-order valence-corrected chi connectivity index (χ2v) is 4.17. The van der Waals surface area contributed by atoms with Crippen molar-refractivity contribution in [2.24, 2.45) is 4.99 Å². The maximum atomic E-state index is 11.8. The third kappa shape index (κ3) is 3.09. The highest BCUT2D eigenvalue weighted by Crippen LogP contribution is 2.15. The molecule has 6 nitrogen and oxygen atoms in total. The molecule has 1 aromatic rings. The topological polar surface area (TPSA) is 82.0 Å². The molecule has 104 valence electrons. The van der Waals surface area contributed by atoms with Gasteiger partial charge in [-0.25, -0.2) is 9.79 Å². The molecule has 0 saturated heterocycles. The maximum Gasteiger partial charge on any atom is 0.345 e. The molecule has 1 heterocycles. The van der Waals surface area contributed by atoms with Crippen LogP contribution < -0.4 is 0 Å². The Kier molecular flexibility index (Phi) is 4.24. The number of carbonyl (C=O) groups excluding carboxylic acids is 3. The van der Waals surface area contributed by atoms with Crippen LogP contribution in [0.2, 0.25) is 0 Å².